The fourth-order valence-corrected chi connectivity index (χ4v) is 2.62. The van der Waals surface area contributed by atoms with E-state index in [1.807, 2.05) is 0 Å². The zero-order valence-electron chi connectivity index (χ0n) is 10.7. The van der Waals surface area contributed by atoms with Crippen LogP contribution in [0.2, 0.25) is 0 Å². The molecule has 0 aromatic heterocycles. The highest BCUT2D eigenvalue weighted by Gasteiger charge is 2.24. The number of carboxylic acids is 1. The van der Waals surface area contributed by atoms with Crippen LogP contribution in [-0.4, -0.2) is 17.1 Å². The van der Waals surface area contributed by atoms with Gasteiger partial charge in [-0.3, -0.25) is 0 Å². The zero-order chi connectivity index (χ0) is 14.0. The summed E-state index contributed by atoms with van der Waals surface area (Å²) in [7, 11) is 0. The van der Waals surface area contributed by atoms with Crippen LogP contribution in [0.4, 0.5) is 14.5 Å². The summed E-state index contributed by atoms with van der Waals surface area (Å²) in [5.74, 6) is -2.56. The van der Waals surface area contributed by atoms with Gasteiger partial charge >= 0.3 is 5.97 Å². The average Bonchev–Trinajstić information content (AvgIpc) is 2.80. The summed E-state index contributed by atoms with van der Waals surface area (Å²) in [4.78, 5) is 10.8. The predicted molar refractivity (Wildman–Crippen MR) is 68.4 cm³/mol. The van der Waals surface area contributed by atoms with Crippen molar-refractivity contribution in [3.05, 3.63) is 29.3 Å². The molecule has 2 rings (SSSR count). The number of nitrogens with one attached hydrogen (secondary N) is 1. The topological polar surface area (TPSA) is 49.3 Å². The summed E-state index contributed by atoms with van der Waals surface area (Å²) in [6, 6.07) is 1.79. The number of halogens is 2. The molecule has 2 N–H and O–H groups in total. The Labute approximate surface area is 110 Å². The van der Waals surface area contributed by atoms with Crippen molar-refractivity contribution in [3.8, 4) is 0 Å². The largest absolute Gasteiger partial charge is 0.478 e. The molecule has 0 spiro atoms. The van der Waals surface area contributed by atoms with Crippen LogP contribution >= 0.6 is 0 Å². The molecule has 1 aliphatic rings. The highest BCUT2D eigenvalue weighted by molar-refractivity contribution is 5.89. The van der Waals surface area contributed by atoms with Crippen LogP contribution in [0.3, 0.4) is 0 Å². The lowest BCUT2D eigenvalue weighted by Crippen LogP contribution is -2.17. The number of carboxylic acid groups (broad SMARTS) is 1. The van der Waals surface area contributed by atoms with Crippen molar-refractivity contribution in [2.75, 3.05) is 5.32 Å². The number of hydrogen-bond donors (Lipinski definition) is 2. The van der Waals surface area contributed by atoms with Gasteiger partial charge in [0, 0.05) is 12.1 Å². The van der Waals surface area contributed by atoms with Crippen molar-refractivity contribution in [1.29, 1.82) is 0 Å². The Bertz CT molecular complexity index is 491. The molecule has 2 atom stereocenters. The van der Waals surface area contributed by atoms with Gasteiger partial charge in [0.2, 0.25) is 0 Å². The summed E-state index contributed by atoms with van der Waals surface area (Å²) in [5, 5.41) is 11.8. The Hall–Kier alpha value is -1.65. The van der Waals surface area contributed by atoms with E-state index in [4.69, 9.17) is 5.11 Å². The normalized spacial score (nSPS) is 22.5. The molecular formula is C14H17F2NO2. The quantitative estimate of drug-likeness (QED) is 0.877. The smallest absolute Gasteiger partial charge is 0.338 e. The first-order valence-electron chi connectivity index (χ1n) is 6.50. The van der Waals surface area contributed by atoms with Gasteiger partial charge in [0.1, 0.15) is 11.6 Å². The van der Waals surface area contributed by atoms with Crippen LogP contribution in [0.15, 0.2) is 12.1 Å². The molecule has 0 saturated heterocycles. The standard InChI is InChI=1S/C14H17F2NO2/c1-2-8-3-4-9(5-8)17-13-6-10(14(18)19)11(15)7-12(13)16/h6-9,17H,2-5H2,1H3,(H,18,19). The van der Waals surface area contributed by atoms with Crippen LogP contribution < -0.4 is 5.32 Å². The Morgan fingerprint density at radius 2 is 2.11 bits per heavy atom. The van der Waals surface area contributed by atoms with E-state index >= 15 is 0 Å². The van der Waals surface area contributed by atoms with Gasteiger partial charge < -0.3 is 10.4 Å². The second kappa shape index (κ2) is 5.55. The van der Waals surface area contributed by atoms with Crippen molar-refractivity contribution in [2.45, 2.75) is 38.6 Å². The highest BCUT2D eigenvalue weighted by atomic mass is 19.1. The van der Waals surface area contributed by atoms with Gasteiger partial charge in [-0.1, -0.05) is 13.3 Å². The first kappa shape index (κ1) is 13.8. The SMILES string of the molecule is CCC1CCC(Nc2cc(C(=O)O)c(F)cc2F)C1. The molecule has 0 radical (unpaired) electrons. The molecule has 1 aromatic carbocycles. The van der Waals surface area contributed by atoms with Gasteiger partial charge in [-0.05, 0) is 31.2 Å². The maximum absolute atomic E-state index is 13.6. The minimum absolute atomic E-state index is 0.0700. The van der Waals surface area contributed by atoms with Crippen molar-refractivity contribution < 1.29 is 18.7 Å². The summed E-state index contributed by atoms with van der Waals surface area (Å²) in [6.45, 7) is 2.12. The minimum Gasteiger partial charge on any atom is -0.478 e. The highest BCUT2D eigenvalue weighted by Crippen LogP contribution is 2.31. The van der Waals surface area contributed by atoms with Gasteiger partial charge in [-0.2, -0.15) is 0 Å². The number of benzene rings is 1. The first-order chi connectivity index (χ1) is 9.01. The van der Waals surface area contributed by atoms with Crippen LogP contribution in [-0.2, 0) is 0 Å². The summed E-state index contributed by atoms with van der Waals surface area (Å²) >= 11 is 0. The number of rotatable bonds is 4. The lowest BCUT2D eigenvalue weighted by Gasteiger charge is -2.15. The maximum atomic E-state index is 13.6. The molecule has 0 amide bonds. The molecule has 3 nitrogen and oxygen atoms in total. The third kappa shape index (κ3) is 3.03. The zero-order valence-corrected chi connectivity index (χ0v) is 10.7. The van der Waals surface area contributed by atoms with Gasteiger partial charge in [0.05, 0.1) is 11.3 Å². The van der Waals surface area contributed by atoms with Crippen LogP contribution in [0.25, 0.3) is 0 Å². The van der Waals surface area contributed by atoms with Crippen LogP contribution in [0.1, 0.15) is 43.0 Å². The van der Waals surface area contributed by atoms with Crippen molar-refractivity contribution in [1.82, 2.24) is 0 Å². The van der Waals surface area contributed by atoms with Crippen molar-refractivity contribution in [3.63, 3.8) is 0 Å². The molecular weight excluding hydrogens is 252 g/mol. The van der Waals surface area contributed by atoms with E-state index in [1.165, 1.54) is 0 Å². The molecule has 104 valence electrons. The average molecular weight is 269 g/mol. The fraction of sp³-hybridized carbons (Fsp3) is 0.500. The monoisotopic (exact) mass is 269 g/mol. The Kier molecular flexibility index (Phi) is 4.02. The maximum Gasteiger partial charge on any atom is 0.338 e. The molecule has 2 unspecified atom stereocenters. The third-order valence-electron chi connectivity index (χ3n) is 3.77. The Morgan fingerprint density at radius 3 is 2.68 bits per heavy atom. The third-order valence-corrected chi connectivity index (χ3v) is 3.77. The second-order valence-corrected chi connectivity index (χ2v) is 5.05. The molecule has 1 saturated carbocycles. The van der Waals surface area contributed by atoms with E-state index < -0.39 is 23.2 Å². The van der Waals surface area contributed by atoms with Gasteiger partial charge in [0.25, 0.3) is 0 Å². The Balaban J connectivity index is 2.16. The van der Waals surface area contributed by atoms with Crippen LogP contribution in [0, 0.1) is 17.6 Å². The molecule has 0 heterocycles. The predicted octanol–water partition coefficient (Wildman–Crippen LogP) is 3.65. The number of carbonyl (C=O) groups is 1. The molecule has 19 heavy (non-hydrogen) atoms. The molecule has 0 bridgehead atoms. The fourth-order valence-electron chi connectivity index (χ4n) is 2.62. The first-order valence-corrected chi connectivity index (χ1v) is 6.50. The summed E-state index contributed by atoms with van der Waals surface area (Å²) in [5.41, 5.74) is -0.436. The molecule has 1 aromatic rings. The van der Waals surface area contributed by atoms with E-state index in [2.05, 4.69) is 12.2 Å². The van der Waals surface area contributed by atoms with E-state index in [0.717, 1.165) is 31.7 Å². The molecule has 0 aliphatic heterocycles. The van der Waals surface area contributed by atoms with E-state index in [0.29, 0.717) is 12.0 Å². The van der Waals surface area contributed by atoms with E-state index in [1.54, 1.807) is 0 Å². The van der Waals surface area contributed by atoms with Crippen molar-refractivity contribution >= 4 is 11.7 Å². The van der Waals surface area contributed by atoms with Gasteiger partial charge in [-0.15, -0.1) is 0 Å². The van der Waals surface area contributed by atoms with E-state index in [9.17, 15) is 13.6 Å². The molecule has 1 aliphatic carbocycles. The minimum atomic E-state index is -1.39. The molecule has 5 heteroatoms. The summed E-state index contributed by atoms with van der Waals surface area (Å²) in [6.07, 6.45) is 4.04. The lowest BCUT2D eigenvalue weighted by atomic mass is 10.1. The van der Waals surface area contributed by atoms with Crippen LogP contribution in [0.5, 0.6) is 0 Å². The summed E-state index contributed by atoms with van der Waals surface area (Å²) < 4.78 is 26.9. The lowest BCUT2D eigenvalue weighted by molar-refractivity contribution is 0.0692. The van der Waals surface area contributed by atoms with E-state index in [-0.39, 0.29) is 11.7 Å². The number of hydrogen-bond acceptors (Lipinski definition) is 2. The van der Waals surface area contributed by atoms with Gasteiger partial charge in [0.15, 0.2) is 0 Å². The number of anilines is 1. The molecule has 1 fully saturated rings. The van der Waals surface area contributed by atoms with Crippen molar-refractivity contribution in [2.24, 2.45) is 5.92 Å². The second-order valence-electron chi connectivity index (χ2n) is 5.05. The number of aromatic carboxylic acids is 1. The Morgan fingerprint density at radius 1 is 1.37 bits per heavy atom. The van der Waals surface area contributed by atoms with Gasteiger partial charge in [-0.25, -0.2) is 13.6 Å².